The summed E-state index contributed by atoms with van der Waals surface area (Å²) in [6, 6.07) is 8.40. The van der Waals surface area contributed by atoms with E-state index in [4.69, 9.17) is 10.5 Å². The predicted octanol–water partition coefficient (Wildman–Crippen LogP) is 3.24. The van der Waals surface area contributed by atoms with Crippen LogP contribution in [0.1, 0.15) is 50.5 Å². The first-order valence-corrected chi connectivity index (χ1v) is 8.78. The second-order valence-corrected chi connectivity index (χ2v) is 7.22. The van der Waals surface area contributed by atoms with Crippen LogP contribution in [0.3, 0.4) is 0 Å². The molecule has 2 bridgehead atoms. The molecule has 3 unspecified atom stereocenters. The second-order valence-electron chi connectivity index (χ2n) is 7.22. The average Bonchev–Trinajstić information content (AvgIpc) is 2.55. The number of ether oxygens (including phenoxy) is 1. The van der Waals surface area contributed by atoms with Gasteiger partial charge in [0.2, 0.25) is 5.91 Å². The largest absolute Gasteiger partial charge is 0.497 e. The molecule has 0 aliphatic heterocycles. The molecule has 5 heteroatoms. The summed E-state index contributed by atoms with van der Waals surface area (Å²) < 4.78 is 5.26. The lowest BCUT2D eigenvalue weighted by molar-refractivity contribution is -0.124. The van der Waals surface area contributed by atoms with Crippen LogP contribution in [0.5, 0.6) is 5.75 Å². The summed E-state index contributed by atoms with van der Waals surface area (Å²) in [7, 11) is 1.65. The minimum Gasteiger partial charge on any atom is -0.497 e. The number of nitrogens with two attached hydrogens (primary N) is 1. The van der Waals surface area contributed by atoms with Crippen molar-refractivity contribution in [1.29, 1.82) is 0 Å². The zero-order chi connectivity index (χ0) is 16.4. The Morgan fingerprint density at radius 2 is 1.96 bits per heavy atom. The van der Waals surface area contributed by atoms with E-state index in [0.29, 0.717) is 23.9 Å². The fourth-order valence-electron chi connectivity index (χ4n) is 4.38. The Bertz CT molecular complexity index is 552. The van der Waals surface area contributed by atoms with Crippen LogP contribution < -0.4 is 15.8 Å². The molecule has 3 atom stereocenters. The fourth-order valence-corrected chi connectivity index (χ4v) is 4.38. The molecule has 0 spiro atoms. The Morgan fingerprint density at radius 1 is 1.29 bits per heavy atom. The van der Waals surface area contributed by atoms with E-state index < -0.39 is 0 Å². The van der Waals surface area contributed by atoms with Gasteiger partial charge in [-0.2, -0.15) is 0 Å². The van der Waals surface area contributed by atoms with E-state index in [2.05, 4.69) is 5.32 Å². The van der Waals surface area contributed by atoms with Gasteiger partial charge in [-0.3, -0.25) is 4.79 Å². The summed E-state index contributed by atoms with van der Waals surface area (Å²) in [6.07, 6.45) is 5.77. The Hall–Kier alpha value is -1.26. The molecule has 2 saturated carbocycles. The molecule has 1 amide bonds. The molecule has 4 nitrogen and oxygen atoms in total. The van der Waals surface area contributed by atoms with Gasteiger partial charge in [0.25, 0.3) is 0 Å². The van der Waals surface area contributed by atoms with E-state index in [9.17, 15) is 4.79 Å². The Balaban J connectivity index is 0.00000208. The SMILES string of the molecule is COc1cccc(C(C)C(=O)NC2C3CCCC2CC(N)C3)c1.Cl. The molecule has 0 aromatic heterocycles. The van der Waals surface area contributed by atoms with E-state index in [0.717, 1.165) is 24.2 Å². The van der Waals surface area contributed by atoms with Crippen LogP contribution in [0.4, 0.5) is 0 Å². The highest BCUT2D eigenvalue weighted by molar-refractivity contribution is 5.85. The van der Waals surface area contributed by atoms with Crippen LogP contribution in [0.2, 0.25) is 0 Å². The maximum atomic E-state index is 12.7. The molecule has 2 aliphatic rings. The first-order chi connectivity index (χ1) is 11.1. The third kappa shape index (κ3) is 4.04. The van der Waals surface area contributed by atoms with Crippen molar-refractivity contribution in [2.75, 3.05) is 7.11 Å². The van der Waals surface area contributed by atoms with Gasteiger partial charge in [0.05, 0.1) is 13.0 Å². The molecule has 0 saturated heterocycles. The summed E-state index contributed by atoms with van der Waals surface area (Å²) >= 11 is 0. The number of fused-ring (bicyclic) bond motifs is 2. The Labute approximate surface area is 150 Å². The van der Waals surface area contributed by atoms with Crippen molar-refractivity contribution in [2.24, 2.45) is 17.6 Å². The minimum atomic E-state index is -0.165. The molecule has 3 rings (SSSR count). The summed E-state index contributed by atoms with van der Waals surface area (Å²) in [6.45, 7) is 1.97. The van der Waals surface area contributed by atoms with Gasteiger partial charge in [0, 0.05) is 12.1 Å². The van der Waals surface area contributed by atoms with Crippen LogP contribution in [-0.2, 0) is 4.79 Å². The van der Waals surface area contributed by atoms with Crippen molar-refractivity contribution < 1.29 is 9.53 Å². The molecule has 2 fully saturated rings. The van der Waals surface area contributed by atoms with Crippen molar-refractivity contribution >= 4 is 18.3 Å². The van der Waals surface area contributed by atoms with Crippen LogP contribution in [-0.4, -0.2) is 25.1 Å². The number of rotatable bonds is 4. The summed E-state index contributed by atoms with van der Waals surface area (Å²) in [5.74, 6) is 1.86. The van der Waals surface area contributed by atoms with E-state index >= 15 is 0 Å². The van der Waals surface area contributed by atoms with Gasteiger partial charge < -0.3 is 15.8 Å². The quantitative estimate of drug-likeness (QED) is 0.874. The smallest absolute Gasteiger partial charge is 0.227 e. The molecule has 0 heterocycles. The van der Waals surface area contributed by atoms with Crippen molar-refractivity contribution in [2.45, 2.75) is 57.0 Å². The number of carbonyl (C=O) groups is 1. The van der Waals surface area contributed by atoms with Crippen molar-refractivity contribution in [3.63, 3.8) is 0 Å². The van der Waals surface area contributed by atoms with Crippen LogP contribution >= 0.6 is 12.4 Å². The van der Waals surface area contributed by atoms with Gasteiger partial charge in [-0.15, -0.1) is 12.4 Å². The molecule has 1 aromatic rings. The number of nitrogens with one attached hydrogen (secondary N) is 1. The number of methoxy groups -OCH3 is 1. The second kappa shape index (κ2) is 8.21. The third-order valence-corrected chi connectivity index (χ3v) is 5.67. The zero-order valence-electron chi connectivity index (χ0n) is 14.5. The summed E-state index contributed by atoms with van der Waals surface area (Å²) in [5.41, 5.74) is 7.17. The fraction of sp³-hybridized carbons (Fsp3) is 0.632. The predicted molar refractivity (Wildman–Crippen MR) is 98.6 cm³/mol. The highest BCUT2D eigenvalue weighted by Crippen LogP contribution is 2.40. The standard InChI is InChI=1S/C19H28N2O2.ClH/c1-12(13-5-4-8-17(11-13)23-2)19(22)21-18-14-6-3-7-15(18)10-16(20)9-14;/h4-5,8,11-12,14-16,18H,3,6-7,9-10,20H2,1-2H3,(H,21,22);1H. The highest BCUT2D eigenvalue weighted by atomic mass is 35.5. The number of hydrogen-bond acceptors (Lipinski definition) is 3. The van der Waals surface area contributed by atoms with Gasteiger partial charge >= 0.3 is 0 Å². The number of hydrogen-bond donors (Lipinski definition) is 2. The first kappa shape index (κ1) is 19.1. The zero-order valence-corrected chi connectivity index (χ0v) is 15.4. The first-order valence-electron chi connectivity index (χ1n) is 8.78. The number of amides is 1. The third-order valence-electron chi connectivity index (χ3n) is 5.67. The lowest BCUT2D eigenvalue weighted by Gasteiger charge is -2.45. The lowest BCUT2D eigenvalue weighted by atomic mass is 9.67. The summed E-state index contributed by atoms with van der Waals surface area (Å²) in [5, 5.41) is 3.34. The molecule has 2 aliphatic carbocycles. The van der Waals surface area contributed by atoms with Gasteiger partial charge in [0.1, 0.15) is 5.75 Å². The van der Waals surface area contributed by atoms with E-state index in [-0.39, 0.29) is 24.2 Å². The minimum absolute atomic E-state index is 0. The Morgan fingerprint density at radius 3 is 2.58 bits per heavy atom. The van der Waals surface area contributed by atoms with Crippen molar-refractivity contribution in [3.05, 3.63) is 29.8 Å². The van der Waals surface area contributed by atoms with E-state index in [1.165, 1.54) is 19.3 Å². The normalized spacial score (nSPS) is 30.0. The topological polar surface area (TPSA) is 64.3 Å². The van der Waals surface area contributed by atoms with Crippen LogP contribution in [0.15, 0.2) is 24.3 Å². The molecule has 3 N–H and O–H groups in total. The molecule has 1 aromatic carbocycles. The van der Waals surface area contributed by atoms with Crippen LogP contribution in [0.25, 0.3) is 0 Å². The van der Waals surface area contributed by atoms with Crippen LogP contribution in [0, 0.1) is 11.8 Å². The summed E-state index contributed by atoms with van der Waals surface area (Å²) in [4.78, 5) is 12.7. The average molecular weight is 353 g/mol. The number of halogens is 1. The number of carbonyl (C=O) groups excluding carboxylic acids is 1. The maximum Gasteiger partial charge on any atom is 0.227 e. The van der Waals surface area contributed by atoms with E-state index in [1.54, 1.807) is 7.11 Å². The van der Waals surface area contributed by atoms with Gasteiger partial charge in [-0.05, 0) is 62.1 Å². The van der Waals surface area contributed by atoms with Crippen molar-refractivity contribution in [3.8, 4) is 5.75 Å². The monoisotopic (exact) mass is 352 g/mol. The molecule has 24 heavy (non-hydrogen) atoms. The molecule has 0 radical (unpaired) electrons. The molecular weight excluding hydrogens is 324 g/mol. The van der Waals surface area contributed by atoms with Crippen molar-refractivity contribution in [1.82, 2.24) is 5.32 Å². The maximum absolute atomic E-state index is 12.7. The number of benzene rings is 1. The Kier molecular flexibility index (Phi) is 6.53. The van der Waals surface area contributed by atoms with E-state index in [1.807, 2.05) is 31.2 Å². The highest BCUT2D eigenvalue weighted by Gasteiger charge is 2.40. The molecule has 134 valence electrons. The van der Waals surface area contributed by atoms with Gasteiger partial charge in [-0.25, -0.2) is 0 Å². The molecular formula is C19H29ClN2O2. The van der Waals surface area contributed by atoms with Gasteiger partial charge in [0.15, 0.2) is 0 Å². The van der Waals surface area contributed by atoms with Gasteiger partial charge in [-0.1, -0.05) is 18.6 Å². The lowest BCUT2D eigenvalue weighted by Crippen LogP contribution is -2.54.